The lowest BCUT2D eigenvalue weighted by atomic mass is 10.0. The van der Waals surface area contributed by atoms with Crippen molar-refractivity contribution in [2.45, 2.75) is 25.0 Å². The van der Waals surface area contributed by atoms with Gasteiger partial charge in [-0.3, -0.25) is 0 Å². The molecule has 0 bridgehead atoms. The van der Waals surface area contributed by atoms with Crippen LogP contribution in [0.4, 0.5) is 13.2 Å². The maximum absolute atomic E-state index is 14.0. The zero-order valence-electron chi connectivity index (χ0n) is 12.0. The standard InChI is InChI=1S/C17H18F3NO/c18-15-8-4-5-13(9-15)11-21-12-16(22)10-17(19,20)14-6-2-1-3-7-14/h1-9,16,21-22H,10-12H2. The predicted octanol–water partition coefficient (Wildman–Crippen LogP) is 3.46. The fraction of sp³-hybridized carbons (Fsp3) is 0.294. The monoisotopic (exact) mass is 309 g/mol. The van der Waals surface area contributed by atoms with Crippen molar-refractivity contribution in [3.05, 3.63) is 71.5 Å². The molecule has 0 aliphatic rings. The van der Waals surface area contributed by atoms with Gasteiger partial charge in [0.15, 0.2) is 0 Å². The minimum Gasteiger partial charge on any atom is -0.392 e. The van der Waals surface area contributed by atoms with Gasteiger partial charge in [0.25, 0.3) is 5.92 Å². The fourth-order valence-electron chi connectivity index (χ4n) is 2.20. The third-order valence-corrected chi connectivity index (χ3v) is 3.29. The molecular weight excluding hydrogens is 291 g/mol. The van der Waals surface area contributed by atoms with Crippen LogP contribution in [0.1, 0.15) is 17.5 Å². The van der Waals surface area contributed by atoms with E-state index in [9.17, 15) is 18.3 Å². The average molecular weight is 309 g/mol. The van der Waals surface area contributed by atoms with E-state index in [2.05, 4.69) is 5.32 Å². The number of hydrogen-bond acceptors (Lipinski definition) is 2. The molecule has 5 heteroatoms. The van der Waals surface area contributed by atoms with Gasteiger partial charge in [0, 0.05) is 25.1 Å². The van der Waals surface area contributed by atoms with Crippen LogP contribution in [-0.2, 0) is 12.5 Å². The summed E-state index contributed by atoms with van der Waals surface area (Å²) in [5.74, 6) is -3.43. The van der Waals surface area contributed by atoms with Crippen molar-refractivity contribution < 1.29 is 18.3 Å². The normalized spacial score (nSPS) is 13.1. The first-order chi connectivity index (χ1) is 10.5. The molecule has 22 heavy (non-hydrogen) atoms. The smallest absolute Gasteiger partial charge is 0.275 e. The summed E-state index contributed by atoms with van der Waals surface area (Å²) in [7, 11) is 0. The Morgan fingerprint density at radius 2 is 1.77 bits per heavy atom. The number of alkyl halides is 2. The molecule has 118 valence electrons. The summed E-state index contributed by atoms with van der Waals surface area (Å²) < 4.78 is 40.9. The summed E-state index contributed by atoms with van der Waals surface area (Å²) in [6, 6.07) is 13.4. The van der Waals surface area contributed by atoms with Crippen LogP contribution in [-0.4, -0.2) is 17.8 Å². The topological polar surface area (TPSA) is 32.3 Å². The zero-order valence-corrected chi connectivity index (χ0v) is 12.0. The summed E-state index contributed by atoms with van der Waals surface area (Å²) in [6.07, 6.45) is -1.85. The Morgan fingerprint density at radius 1 is 1.05 bits per heavy atom. The molecule has 0 saturated heterocycles. The van der Waals surface area contributed by atoms with Crippen LogP contribution < -0.4 is 5.32 Å². The van der Waals surface area contributed by atoms with Gasteiger partial charge in [-0.15, -0.1) is 0 Å². The second kappa shape index (κ2) is 7.42. The van der Waals surface area contributed by atoms with Gasteiger partial charge in [0.05, 0.1) is 6.10 Å². The highest BCUT2D eigenvalue weighted by molar-refractivity contribution is 5.20. The Hall–Kier alpha value is -1.85. The van der Waals surface area contributed by atoms with E-state index in [0.29, 0.717) is 12.1 Å². The van der Waals surface area contributed by atoms with Crippen LogP contribution in [0.5, 0.6) is 0 Å². The highest BCUT2D eigenvalue weighted by Gasteiger charge is 2.33. The number of aliphatic hydroxyl groups excluding tert-OH is 1. The Bertz CT molecular complexity index is 589. The molecule has 2 rings (SSSR count). The van der Waals surface area contributed by atoms with Gasteiger partial charge in [0.1, 0.15) is 5.82 Å². The second-order valence-corrected chi connectivity index (χ2v) is 5.19. The van der Waals surface area contributed by atoms with Gasteiger partial charge in [0.2, 0.25) is 0 Å². The summed E-state index contributed by atoms with van der Waals surface area (Å²) in [5.41, 5.74) is 0.584. The SMILES string of the molecule is OC(CNCc1cccc(F)c1)CC(F)(F)c1ccccc1. The van der Waals surface area contributed by atoms with Crippen LogP contribution in [0.25, 0.3) is 0 Å². The maximum atomic E-state index is 14.0. The predicted molar refractivity (Wildman–Crippen MR) is 79.1 cm³/mol. The quantitative estimate of drug-likeness (QED) is 0.821. The Balaban J connectivity index is 1.81. The first-order valence-electron chi connectivity index (χ1n) is 7.04. The van der Waals surface area contributed by atoms with E-state index in [4.69, 9.17) is 0 Å². The highest BCUT2D eigenvalue weighted by atomic mass is 19.3. The van der Waals surface area contributed by atoms with Crippen LogP contribution in [0.2, 0.25) is 0 Å². The van der Waals surface area contributed by atoms with Crippen LogP contribution >= 0.6 is 0 Å². The van der Waals surface area contributed by atoms with E-state index in [1.807, 2.05) is 0 Å². The molecule has 1 unspecified atom stereocenters. The van der Waals surface area contributed by atoms with Crippen molar-refractivity contribution in [2.24, 2.45) is 0 Å². The molecule has 0 saturated carbocycles. The number of hydrogen-bond donors (Lipinski definition) is 2. The molecule has 0 aromatic heterocycles. The number of nitrogens with one attached hydrogen (secondary N) is 1. The third kappa shape index (κ3) is 4.86. The van der Waals surface area contributed by atoms with E-state index in [-0.39, 0.29) is 17.9 Å². The minimum atomic E-state index is -3.08. The van der Waals surface area contributed by atoms with Gasteiger partial charge >= 0.3 is 0 Å². The zero-order chi connectivity index (χ0) is 16.0. The third-order valence-electron chi connectivity index (χ3n) is 3.29. The summed E-state index contributed by atoms with van der Waals surface area (Å²) in [4.78, 5) is 0. The number of rotatable bonds is 7. The van der Waals surface area contributed by atoms with E-state index in [0.717, 1.165) is 0 Å². The summed E-state index contributed by atoms with van der Waals surface area (Å²) in [5, 5.41) is 12.6. The van der Waals surface area contributed by atoms with Crippen molar-refractivity contribution in [2.75, 3.05) is 6.54 Å². The minimum absolute atomic E-state index is 0.0128. The molecule has 2 nitrogen and oxygen atoms in total. The van der Waals surface area contributed by atoms with Crippen LogP contribution in [0, 0.1) is 5.82 Å². The number of benzene rings is 2. The number of halogens is 3. The van der Waals surface area contributed by atoms with Crippen LogP contribution in [0.3, 0.4) is 0 Å². The van der Waals surface area contributed by atoms with Crippen molar-refractivity contribution >= 4 is 0 Å². The van der Waals surface area contributed by atoms with Gasteiger partial charge in [-0.25, -0.2) is 13.2 Å². The molecule has 0 spiro atoms. The van der Waals surface area contributed by atoms with E-state index in [1.54, 1.807) is 18.2 Å². The molecule has 0 heterocycles. The molecule has 0 aliphatic heterocycles. The lowest BCUT2D eigenvalue weighted by Crippen LogP contribution is -2.31. The molecule has 2 aromatic carbocycles. The van der Waals surface area contributed by atoms with Crippen molar-refractivity contribution in [1.29, 1.82) is 0 Å². The first kappa shape index (κ1) is 16.5. The molecule has 0 fully saturated rings. The van der Waals surface area contributed by atoms with Gasteiger partial charge < -0.3 is 10.4 Å². The molecule has 0 aliphatic carbocycles. The van der Waals surface area contributed by atoms with Gasteiger partial charge in [-0.05, 0) is 17.7 Å². The lowest BCUT2D eigenvalue weighted by Gasteiger charge is -2.20. The maximum Gasteiger partial charge on any atom is 0.275 e. The van der Waals surface area contributed by atoms with Gasteiger partial charge in [-0.2, -0.15) is 0 Å². The summed E-state index contributed by atoms with van der Waals surface area (Å²) in [6.45, 7) is 0.324. The van der Waals surface area contributed by atoms with Gasteiger partial charge in [-0.1, -0.05) is 42.5 Å². The lowest BCUT2D eigenvalue weighted by molar-refractivity contribution is -0.0493. The Morgan fingerprint density at radius 3 is 2.45 bits per heavy atom. The van der Waals surface area contributed by atoms with Crippen molar-refractivity contribution in [1.82, 2.24) is 5.32 Å². The molecule has 2 N–H and O–H groups in total. The Labute approximate surface area is 127 Å². The van der Waals surface area contributed by atoms with E-state index >= 15 is 0 Å². The Kier molecular flexibility index (Phi) is 5.57. The molecular formula is C17H18F3NO. The van der Waals surface area contributed by atoms with Crippen molar-refractivity contribution in [3.63, 3.8) is 0 Å². The molecule has 0 radical (unpaired) electrons. The number of aliphatic hydroxyl groups is 1. The first-order valence-corrected chi connectivity index (χ1v) is 7.04. The molecule has 1 atom stereocenters. The van der Waals surface area contributed by atoms with Crippen LogP contribution in [0.15, 0.2) is 54.6 Å². The average Bonchev–Trinajstić information content (AvgIpc) is 2.48. The van der Waals surface area contributed by atoms with Crippen molar-refractivity contribution in [3.8, 4) is 0 Å². The van der Waals surface area contributed by atoms with E-state index in [1.165, 1.54) is 36.4 Å². The highest BCUT2D eigenvalue weighted by Crippen LogP contribution is 2.32. The second-order valence-electron chi connectivity index (χ2n) is 5.19. The molecule has 2 aromatic rings. The summed E-state index contributed by atoms with van der Waals surface area (Å²) >= 11 is 0. The largest absolute Gasteiger partial charge is 0.392 e. The molecule has 0 amide bonds. The fourth-order valence-corrected chi connectivity index (χ4v) is 2.20. The van der Waals surface area contributed by atoms with E-state index < -0.39 is 18.4 Å².